The van der Waals surface area contributed by atoms with Gasteiger partial charge in [-0.15, -0.1) is 0 Å². The number of nitrogens with zero attached hydrogens (tertiary/aromatic N) is 3. The summed E-state index contributed by atoms with van der Waals surface area (Å²) in [6.07, 6.45) is 4.94. The zero-order valence-corrected chi connectivity index (χ0v) is 11.1. The quantitative estimate of drug-likeness (QED) is 0.847. The molecule has 0 saturated carbocycles. The van der Waals surface area contributed by atoms with E-state index in [4.69, 9.17) is 0 Å². The lowest BCUT2D eigenvalue weighted by Crippen LogP contribution is -2.16. The molecule has 0 aromatic carbocycles. The molecule has 1 N–H and O–H groups in total. The molecular formula is C14H20N4. The molecule has 2 aromatic rings. The summed E-state index contributed by atoms with van der Waals surface area (Å²) in [5.41, 5.74) is 3.37. The van der Waals surface area contributed by atoms with E-state index in [-0.39, 0.29) is 0 Å². The van der Waals surface area contributed by atoms with Crippen LogP contribution in [0.3, 0.4) is 0 Å². The van der Waals surface area contributed by atoms with Crippen LogP contribution in [-0.2, 0) is 19.6 Å². The third kappa shape index (κ3) is 3.40. The van der Waals surface area contributed by atoms with Gasteiger partial charge in [0, 0.05) is 31.5 Å². The van der Waals surface area contributed by atoms with Crippen molar-refractivity contribution in [3.63, 3.8) is 0 Å². The Kier molecular flexibility index (Phi) is 4.47. The summed E-state index contributed by atoms with van der Waals surface area (Å²) >= 11 is 0. The highest BCUT2D eigenvalue weighted by Gasteiger charge is 2.01. The van der Waals surface area contributed by atoms with Crippen LogP contribution in [0.25, 0.3) is 0 Å². The van der Waals surface area contributed by atoms with Crippen molar-refractivity contribution in [2.45, 2.75) is 39.9 Å². The molecule has 2 rings (SSSR count). The predicted octanol–water partition coefficient (Wildman–Crippen LogP) is 2.29. The lowest BCUT2D eigenvalue weighted by atomic mass is 10.3. The second-order valence-electron chi connectivity index (χ2n) is 4.45. The van der Waals surface area contributed by atoms with Gasteiger partial charge in [-0.3, -0.25) is 4.98 Å². The molecule has 0 fully saturated rings. The van der Waals surface area contributed by atoms with Gasteiger partial charge < -0.3 is 9.88 Å². The second kappa shape index (κ2) is 6.31. The van der Waals surface area contributed by atoms with Crippen molar-refractivity contribution >= 4 is 0 Å². The molecule has 0 radical (unpaired) electrons. The molecule has 0 atom stereocenters. The van der Waals surface area contributed by atoms with Crippen molar-refractivity contribution in [2.75, 3.05) is 0 Å². The van der Waals surface area contributed by atoms with Gasteiger partial charge in [-0.05, 0) is 25.5 Å². The average molecular weight is 244 g/mol. The zero-order valence-electron chi connectivity index (χ0n) is 11.1. The van der Waals surface area contributed by atoms with E-state index in [0.717, 1.165) is 37.4 Å². The standard InChI is InChI=1S/C14H20N4/c1-3-7-18-11-16-10-14(18)9-15-8-13-6-4-5-12(2)17-13/h4-6,10-11,15H,3,7-9H2,1-2H3. The maximum atomic E-state index is 4.47. The average Bonchev–Trinajstić information content (AvgIpc) is 2.78. The van der Waals surface area contributed by atoms with Crippen molar-refractivity contribution in [2.24, 2.45) is 0 Å². The Morgan fingerprint density at radius 1 is 1.28 bits per heavy atom. The number of aryl methyl sites for hydroxylation is 2. The molecule has 0 spiro atoms. The number of aromatic nitrogens is 3. The van der Waals surface area contributed by atoms with Crippen LogP contribution < -0.4 is 5.32 Å². The van der Waals surface area contributed by atoms with E-state index in [2.05, 4.69) is 26.8 Å². The van der Waals surface area contributed by atoms with Crippen molar-refractivity contribution < 1.29 is 0 Å². The molecule has 4 heteroatoms. The molecule has 0 bridgehead atoms. The molecule has 2 heterocycles. The van der Waals surface area contributed by atoms with Crippen LogP contribution in [0, 0.1) is 6.92 Å². The monoisotopic (exact) mass is 244 g/mol. The third-order valence-corrected chi connectivity index (χ3v) is 2.82. The summed E-state index contributed by atoms with van der Waals surface area (Å²) in [6, 6.07) is 6.10. The van der Waals surface area contributed by atoms with E-state index in [1.54, 1.807) is 0 Å². The summed E-state index contributed by atoms with van der Waals surface area (Å²) in [6.45, 7) is 6.84. The van der Waals surface area contributed by atoms with Gasteiger partial charge in [-0.25, -0.2) is 4.98 Å². The van der Waals surface area contributed by atoms with Gasteiger partial charge in [0.2, 0.25) is 0 Å². The number of imidazole rings is 1. The van der Waals surface area contributed by atoms with E-state index in [1.807, 2.05) is 37.6 Å². The molecule has 0 saturated heterocycles. The summed E-state index contributed by atoms with van der Waals surface area (Å²) in [7, 11) is 0. The van der Waals surface area contributed by atoms with Crippen LogP contribution in [0.15, 0.2) is 30.7 Å². The predicted molar refractivity (Wildman–Crippen MR) is 72.0 cm³/mol. The van der Waals surface area contributed by atoms with Gasteiger partial charge in [-0.1, -0.05) is 13.0 Å². The SMILES string of the molecule is CCCn1cncc1CNCc1cccc(C)n1. The normalized spacial score (nSPS) is 10.8. The summed E-state index contributed by atoms with van der Waals surface area (Å²) < 4.78 is 2.19. The Morgan fingerprint density at radius 3 is 2.94 bits per heavy atom. The number of hydrogen-bond acceptors (Lipinski definition) is 3. The molecule has 4 nitrogen and oxygen atoms in total. The first-order valence-electron chi connectivity index (χ1n) is 6.42. The summed E-state index contributed by atoms with van der Waals surface area (Å²) in [5, 5.41) is 3.41. The van der Waals surface area contributed by atoms with Gasteiger partial charge in [0.05, 0.1) is 17.7 Å². The van der Waals surface area contributed by atoms with Gasteiger partial charge >= 0.3 is 0 Å². The lowest BCUT2D eigenvalue weighted by molar-refractivity contribution is 0.597. The first-order chi connectivity index (χ1) is 8.79. The van der Waals surface area contributed by atoms with Gasteiger partial charge in [0.15, 0.2) is 0 Å². The fraction of sp³-hybridized carbons (Fsp3) is 0.429. The highest BCUT2D eigenvalue weighted by atomic mass is 15.1. The number of pyridine rings is 1. The van der Waals surface area contributed by atoms with Crippen LogP contribution in [0.4, 0.5) is 0 Å². The van der Waals surface area contributed by atoms with Crippen LogP contribution >= 0.6 is 0 Å². The highest BCUT2D eigenvalue weighted by molar-refractivity contribution is 5.09. The van der Waals surface area contributed by atoms with E-state index in [0.29, 0.717) is 0 Å². The molecule has 0 unspecified atom stereocenters. The largest absolute Gasteiger partial charge is 0.333 e. The van der Waals surface area contributed by atoms with Gasteiger partial charge in [-0.2, -0.15) is 0 Å². The minimum Gasteiger partial charge on any atom is -0.333 e. The molecule has 0 aliphatic rings. The lowest BCUT2D eigenvalue weighted by Gasteiger charge is -2.08. The molecule has 0 aliphatic heterocycles. The third-order valence-electron chi connectivity index (χ3n) is 2.82. The summed E-state index contributed by atoms with van der Waals surface area (Å²) in [5.74, 6) is 0. The first-order valence-corrected chi connectivity index (χ1v) is 6.42. The van der Waals surface area contributed by atoms with Crippen molar-refractivity contribution in [1.29, 1.82) is 0 Å². The summed E-state index contributed by atoms with van der Waals surface area (Å²) in [4.78, 5) is 8.65. The van der Waals surface area contributed by atoms with Crippen molar-refractivity contribution in [1.82, 2.24) is 19.9 Å². The van der Waals surface area contributed by atoms with Crippen LogP contribution in [0.1, 0.15) is 30.4 Å². The molecule has 18 heavy (non-hydrogen) atoms. The zero-order chi connectivity index (χ0) is 12.8. The number of rotatable bonds is 6. The fourth-order valence-electron chi connectivity index (χ4n) is 1.95. The Morgan fingerprint density at radius 2 is 2.17 bits per heavy atom. The van der Waals surface area contributed by atoms with Crippen molar-refractivity contribution in [3.05, 3.63) is 47.8 Å². The fourth-order valence-corrected chi connectivity index (χ4v) is 1.95. The van der Waals surface area contributed by atoms with Gasteiger partial charge in [0.25, 0.3) is 0 Å². The van der Waals surface area contributed by atoms with E-state index < -0.39 is 0 Å². The van der Waals surface area contributed by atoms with Crippen molar-refractivity contribution in [3.8, 4) is 0 Å². The van der Waals surface area contributed by atoms with E-state index >= 15 is 0 Å². The van der Waals surface area contributed by atoms with Crippen LogP contribution in [0.2, 0.25) is 0 Å². The maximum Gasteiger partial charge on any atom is 0.0948 e. The topological polar surface area (TPSA) is 42.7 Å². The van der Waals surface area contributed by atoms with Crippen LogP contribution in [-0.4, -0.2) is 14.5 Å². The van der Waals surface area contributed by atoms with Crippen LogP contribution in [0.5, 0.6) is 0 Å². The number of hydrogen-bond donors (Lipinski definition) is 1. The second-order valence-corrected chi connectivity index (χ2v) is 4.45. The molecular weight excluding hydrogens is 224 g/mol. The van der Waals surface area contributed by atoms with E-state index in [9.17, 15) is 0 Å². The Bertz CT molecular complexity index is 490. The maximum absolute atomic E-state index is 4.47. The molecule has 96 valence electrons. The minimum atomic E-state index is 0.791. The van der Waals surface area contributed by atoms with E-state index in [1.165, 1.54) is 5.69 Å². The smallest absolute Gasteiger partial charge is 0.0948 e. The Hall–Kier alpha value is -1.68. The Labute approximate surface area is 108 Å². The molecule has 0 amide bonds. The highest BCUT2D eigenvalue weighted by Crippen LogP contribution is 2.02. The Balaban J connectivity index is 1.86. The first kappa shape index (κ1) is 12.8. The molecule has 2 aromatic heterocycles. The number of nitrogens with one attached hydrogen (secondary N) is 1. The minimum absolute atomic E-state index is 0.791. The van der Waals surface area contributed by atoms with Gasteiger partial charge in [0.1, 0.15) is 0 Å². The molecule has 0 aliphatic carbocycles.